The molecule has 2 rings (SSSR count). The van der Waals surface area contributed by atoms with Crippen molar-refractivity contribution in [2.24, 2.45) is 5.10 Å². The molecule has 2 N–H and O–H groups in total. The molecule has 0 aliphatic heterocycles. The third-order valence-corrected chi connectivity index (χ3v) is 2.79. The van der Waals surface area contributed by atoms with Crippen LogP contribution < -0.4 is 10.6 Å². The Bertz CT molecular complexity index is 690. The highest BCUT2D eigenvalue weighted by molar-refractivity contribution is 5.82. The first-order valence-corrected chi connectivity index (χ1v) is 6.08. The van der Waals surface area contributed by atoms with Crippen molar-refractivity contribution >= 4 is 17.9 Å². The number of aryl methyl sites for hydroxylation is 1. The van der Waals surface area contributed by atoms with Crippen LogP contribution in [0, 0.1) is 18.3 Å². The van der Waals surface area contributed by atoms with E-state index in [-0.39, 0.29) is 0 Å². The van der Waals surface area contributed by atoms with E-state index in [4.69, 9.17) is 11.0 Å². The second-order valence-corrected chi connectivity index (χ2v) is 4.61. The van der Waals surface area contributed by atoms with Crippen LogP contribution in [-0.2, 0) is 0 Å². The average molecular weight is 268 g/mol. The molecule has 2 aromatic rings. The van der Waals surface area contributed by atoms with Crippen molar-refractivity contribution in [2.75, 3.05) is 24.7 Å². The number of hydrogen-bond donors (Lipinski definition) is 1. The van der Waals surface area contributed by atoms with E-state index in [0.29, 0.717) is 11.5 Å². The topological polar surface area (TPSA) is 83.2 Å². The number of benzene rings is 1. The van der Waals surface area contributed by atoms with Gasteiger partial charge < -0.3 is 10.6 Å². The maximum atomic E-state index is 9.17. The molecular weight excluding hydrogens is 252 g/mol. The van der Waals surface area contributed by atoms with Crippen LogP contribution in [0.5, 0.6) is 0 Å². The van der Waals surface area contributed by atoms with Gasteiger partial charge in [0.15, 0.2) is 0 Å². The fourth-order valence-electron chi connectivity index (χ4n) is 1.84. The van der Waals surface area contributed by atoms with Crippen LogP contribution in [0.15, 0.2) is 29.5 Å². The standard InChI is InChI=1S/C14H16N6/c1-10-9-20(14(16)18-10)17-8-11-4-5-13(19(2)3)12(6-11)7-15/h4-6,8-9H,1-3H3,(H2,16,18). The van der Waals surface area contributed by atoms with E-state index >= 15 is 0 Å². The van der Waals surface area contributed by atoms with Gasteiger partial charge in [-0.05, 0) is 24.6 Å². The largest absolute Gasteiger partial charge is 0.377 e. The van der Waals surface area contributed by atoms with Crippen LogP contribution in [0.25, 0.3) is 0 Å². The number of aromatic nitrogens is 2. The highest BCUT2D eigenvalue weighted by Crippen LogP contribution is 2.18. The predicted molar refractivity (Wildman–Crippen MR) is 79.9 cm³/mol. The van der Waals surface area contributed by atoms with Crippen LogP contribution in [0.2, 0.25) is 0 Å². The summed E-state index contributed by atoms with van der Waals surface area (Å²) in [5.41, 5.74) is 8.82. The van der Waals surface area contributed by atoms with E-state index in [1.54, 1.807) is 18.5 Å². The molecule has 0 aliphatic rings. The van der Waals surface area contributed by atoms with Crippen molar-refractivity contribution in [1.29, 1.82) is 5.26 Å². The monoisotopic (exact) mass is 268 g/mol. The molecule has 6 nitrogen and oxygen atoms in total. The summed E-state index contributed by atoms with van der Waals surface area (Å²) in [6.07, 6.45) is 3.39. The van der Waals surface area contributed by atoms with Gasteiger partial charge in [-0.15, -0.1) is 0 Å². The van der Waals surface area contributed by atoms with Crippen LogP contribution in [-0.4, -0.2) is 30.0 Å². The molecule has 1 heterocycles. The van der Waals surface area contributed by atoms with Crippen molar-refractivity contribution in [3.63, 3.8) is 0 Å². The minimum Gasteiger partial charge on any atom is -0.377 e. The zero-order valence-electron chi connectivity index (χ0n) is 11.7. The summed E-state index contributed by atoms with van der Waals surface area (Å²) in [5, 5.41) is 13.4. The van der Waals surface area contributed by atoms with Gasteiger partial charge in [0, 0.05) is 14.1 Å². The maximum Gasteiger partial charge on any atom is 0.221 e. The molecule has 0 radical (unpaired) electrons. The van der Waals surface area contributed by atoms with Gasteiger partial charge in [0.05, 0.1) is 29.4 Å². The summed E-state index contributed by atoms with van der Waals surface area (Å²) in [4.78, 5) is 5.96. The minimum atomic E-state index is 0.337. The molecule has 0 spiro atoms. The highest BCUT2D eigenvalue weighted by atomic mass is 15.4. The lowest BCUT2D eigenvalue weighted by molar-refractivity contribution is 0.897. The number of hydrogen-bond acceptors (Lipinski definition) is 5. The smallest absolute Gasteiger partial charge is 0.221 e. The molecule has 0 fully saturated rings. The zero-order valence-corrected chi connectivity index (χ0v) is 11.7. The molecule has 0 saturated heterocycles. The van der Waals surface area contributed by atoms with Crippen molar-refractivity contribution in [2.45, 2.75) is 6.92 Å². The Morgan fingerprint density at radius 2 is 2.20 bits per heavy atom. The predicted octanol–water partition coefficient (Wildman–Crippen LogP) is 1.59. The average Bonchev–Trinajstić information content (AvgIpc) is 2.74. The molecule has 0 saturated carbocycles. The molecule has 0 aliphatic carbocycles. The van der Waals surface area contributed by atoms with Crippen LogP contribution in [0.4, 0.5) is 11.6 Å². The number of imidazole rings is 1. The molecule has 0 unspecified atom stereocenters. The molecule has 0 amide bonds. The molecule has 1 aromatic heterocycles. The summed E-state index contributed by atoms with van der Waals surface area (Å²) in [7, 11) is 3.80. The summed E-state index contributed by atoms with van der Waals surface area (Å²) in [5.74, 6) is 0.337. The fourth-order valence-corrected chi connectivity index (χ4v) is 1.84. The van der Waals surface area contributed by atoms with Crippen LogP contribution in [0.1, 0.15) is 16.8 Å². The van der Waals surface area contributed by atoms with E-state index in [2.05, 4.69) is 16.2 Å². The van der Waals surface area contributed by atoms with Gasteiger partial charge in [-0.1, -0.05) is 6.07 Å². The first-order valence-electron chi connectivity index (χ1n) is 6.08. The first-order chi connectivity index (χ1) is 9.51. The lowest BCUT2D eigenvalue weighted by Gasteiger charge is -2.14. The van der Waals surface area contributed by atoms with Crippen molar-refractivity contribution in [3.05, 3.63) is 41.2 Å². The Balaban J connectivity index is 2.31. The van der Waals surface area contributed by atoms with Gasteiger partial charge in [-0.3, -0.25) is 0 Å². The summed E-state index contributed by atoms with van der Waals surface area (Å²) in [6.45, 7) is 1.85. The van der Waals surface area contributed by atoms with Crippen LogP contribution in [0.3, 0.4) is 0 Å². The second-order valence-electron chi connectivity index (χ2n) is 4.61. The lowest BCUT2D eigenvalue weighted by atomic mass is 10.1. The Hall–Kier alpha value is -2.81. The molecule has 102 valence electrons. The number of rotatable bonds is 3. The van der Waals surface area contributed by atoms with E-state index in [1.807, 2.05) is 38.1 Å². The van der Waals surface area contributed by atoms with Gasteiger partial charge in [-0.2, -0.15) is 10.4 Å². The van der Waals surface area contributed by atoms with Gasteiger partial charge in [-0.25, -0.2) is 9.66 Å². The Morgan fingerprint density at radius 1 is 1.45 bits per heavy atom. The van der Waals surface area contributed by atoms with Gasteiger partial charge in [0.25, 0.3) is 0 Å². The molecule has 0 atom stereocenters. The third-order valence-electron chi connectivity index (χ3n) is 2.79. The minimum absolute atomic E-state index is 0.337. The Morgan fingerprint density at radius 3 is 2.75 bits per heavy atom. The number of nitrogen functional groups attached to an aromatic ring is 1. The summed E-state index contributed by atoms with van der Waals surface area (Å²) < 4.78 is 1.50. The van der Waals surface area contributed by atoms with Crippen molar-refractivity contribution in [1.82, 2.24) is 9.66 Å². The molecule has 6 heteroatoms. The number of nitrogens with two attached hydrogens (primary N) is 1. The molecule has 1 aromatic carbocycles. The van der Waals surface area contributed by atoms with E-state index in [1.165, 1.54) is 4.68 Å². The van der Waals surface area contributed by atoms with E-state index in [9.17, 15) is 0 Å². The molecular formula is C14H16N6. The quantitative estimate of drug-likeness (QED) is 0.857. The van der Waals surface area contributed by atoms with Gasteiger partial charge in [0.1, 0.15) is 6.07 Å². The normalized spacial score (nSPS) is 10.7. The Labute approximate surface area is 117 Å². The third kappa shape index (κ3) is 2.78. The fraction of sp³-hybridized carbons (Fsp3) is 0.214. The Kier molecular flexibility index (Phi) is 3.71. The highest BCUT2D eigenvalue weighted by Gasteiger charge is 2.04. The second kappa shape index (κ2) is 5.45. The zero-order chi connectivity index (χ0) is 14.7. The number of nitriles is 1. The van der Waals surface area contributed by atoms with Crippen LogP contribution >= 0.6 is 0 Å². The SMILES string of the molecule is Cc1cn(N=Cc2ccc(N(C)C)c(C#N)c2)c(N)n1. The van der Waals surface area contributed by atoms with E-state index < -0.39 is 0 Å². The maximum absolute atomic E-state index is 9.17. The first kappa shape index (κ1) is 13.6. The molecule has 20 heavy (non-hydrogen) atoms. The summed E-state index contributed by atoms with van der Waals surface area (Å²) in [6, 6.07) is 7.77. The lowest BCUT2D eigenvalue weighted by Crippen LogP contribution is -2.10. The van der Waals surface area contributed by atoms with E-state index in [0.717, 1.165) is 16.9 Å². The van der Waals surface area contributed by atoms with Crippen molar-refractivity contribution in [3.8, 4) is 6.07 Å². The number of nitrogens with zero attached hydrogens (tertiary/aromatic N) is 5. The van der Waals surface area contributed by atoms with Crippen molar-refractivity contribution < 1.29 is 0 Å². The summed E-state index contributed by atoms with van der Waals surface area (Å²) >= 11 is 0. The van der Waals surface area contributed by atoms with Gasteiger partial charge >= 0.3 is 0 Å². The number of anilines is 2. The van der Waals surface area contributed by atoms with Gasteiger partial charge in [0.2, 0.25) is 5.95 Å². The molecule has 0 bridgehead atoms.